The van der Waals surface area contributed by atoms with Crippen molar-refractivity contribution in [3.05, 3.63) is 63.7 Å². The molecule has 1 N–H and O–H groups in total. The minimum absolute atomic E-state index is 0.0586. The highest BCUT2D eigenvalue weighted by Crippen LogP contribution is 2.24. The average molecular weight is 374 g/mol. The van der Waals surface area contributed by atoms with Gasteiger partial charge in [-0.15, -0.1) is 11.8 Å². The first-order valence-electron chi connectivity index (χ1n) is 7.76. The summed E-state index contributed by atoms with van der Waals surface area (Å²) < 4.78 is 4.93. The number of nitro groups is 1. The Labute approximate surface area is 154 Å². The highest BCUT2D eigenvalue weighted by Gasteiger charge is 2.16. The molecule has 0 atom stereocenters. The first-order chi connectivity index (χ1) is 12.4. The van der Waals surface area contributed by atoms with Gasteiger partial charge in [0.25, 0.3) is 11.6 Å². The van der Waals surface area contributed by atoms with Crippen LogP contribution in [0.4, 0.5) is 11.4 Å². The number of nitrogens with zero attached hydrogens (tertiary/aromatic N) is 1. The molecule has 2 aromatic rings. The van der Waals surface area contributed by atoms with Crippen LogP contribution >= 0.6 is 11.8 Å². The molecule has 0 fully saturated rings. The van der Waals surface area contributed by atoms with E-state index in [4.69, 9.17) is 4.74 Å². The fourth-order valence-electron chi connectivity index (χ4n) is 2.11. The van der Waals surface area contributed by atoms with E-state index in [1.54, 1.807) is 6.07 Å². The lowest BCUT2D eigenvalue weighted by Crippen LogP contribution is -2.22. The number of para-hydroxylation sites is 2. The minimum Gasteiger partial charge on any atom is -0.455 e. The van der Waals surface area contributed by atoms with E-state index in [-0.39, 0.29) is 17.1 Å². The summed E-state index contributed by atoms with van der Waals surface area (Å²) in [6.45, 7) is 3.42. The molecule has 7 nitrogen and oxygen atoms in total. The van der Waals surface area contributed by atoms with Crippen molar-refractivity contribution >= 4 is 35.0 Å². The Balaban J connectivity index is 1.83. The van der Waals surface area contributed by atoms with Crippen molar-refractivity contribution in [2.45, 2.75) is 18.7 Å². The zero-order chi connectivity index (χ0) is 19.1. The maximum absolute atomic E-state index is 11.8. The van der Waals surface area contributed by atoms with E-state index in [0.29, 0.717) is 0 Å². The molecule has 2 rings (SSSR count). The van der Waals surface area contributed by atoms with Crippen molar-refractivity contribution in [1.82, 2.24) is 0 Å². The third kappa shape index (κ3) is 5.59. The number of amides is 1. The van der Waals surface area contributed by atoms with Gasteiger partial charge in [0, 0.05) is 11.0 Å². The van der Waals surface area contributed by atoms with Crippen LogP contribution in [0.2, 0.25) is 0 Å². The molecule has 0 aliphatic carbocycles. The molecule has 8 heteroatoms. The van der Waals surface area contributed by atoms with Gasteiger partial charge >= 0.3 is 5.97 Å². The SMILES string of the molecule is Cc1ccc(C)c(SCC(=O)OCC(=O)Nc2ccccc2[N+](=O)[O-])c1. The Morgan fingerprint density at radius 2 is 1.92 bits per heavy atom. The molecule has 0 heterocycles. The first kappa shape index (κ1) is 19.5. The third-order valence-corrected chi connectivity index (χ3v) is 4.56. The van der Waals surface area contributed by atoms with Crippen LogP contribution in [0.5, 0.6) is 0 Å². The van der Waals surface area contributed by atoms with Gasteiger partial charge in [-0.1, -0.05) is 29.8 Å². The predicted molar refractivity (Wildman–Crippen MR) is 99.3 cm³/mol. The molecule has 26 heavy (non-hydrogen) atoms. The number of aryl methyl sites for hydroxylation is 2. The van der Waals surface area contributed by atoms with Gasteiger partial charge in [0.05, 0.1) is 10.7 Å². The van der Waals surface area contributed by atoms with Crippen LogP contribution in [0.15, 0.2) is 47.4 Å². The summed E-state index contributed by atoms with van der Waals surface area (Å²) in [5, 5.41) is 13.3. The van der Waals surface area contributed by atoms with Gasteiger partial charge in [-0.05, 0) is 31.5 Å². The van der Waals surface area contributed by atoms with Crippen molar-refractivity contribution < 1.29 is 19.2 Å². The van der Waals surface area contributed by atoms with E-state index >= 15 is 0 Å². The molecule has 0 saturated carbocycles. The number of hydrogen-bond donors (Lipinski definition) is 1. The number of carbonyl (C=O) groups is 2. The second kappa shape index (κ2) is 9.00. The second-order valence-corrected chi connectivity index (χ2v) is 6.56. The number of hydrogen-bond acceptors (Lipinski definition) is 6. The van der Waals surface area contributed by atoms with Crippen LogP contribution in [-0.4, -0.2) is 29.2 Å². The standard InChI is InChI=1S/C18H18N2O5S/c1-12-7-8-13(2)16(9-12)26-11-18(22)25-10-17(21)19-14-5-3-4-6-15(14)20(23)24/h3-9H,10-11H2,1-2H3,(H,19,21). The molecule has 2 aromatic carbocycles. The topological polar surface area (TPSA) is 98.5 Å². The molecule has 0 spiro atoms. The molecular weight excluding hydrogens is 356 g/mol. The second-order valence-electron chi connectivity index (χ2n) is 5.54. The summed E-state index contributed by atoms with van der Waals surface area (Å²) in [7, 11) is 0. The zero-order valence-electron chi connectivity index (χ0n) is 14.4. The van der Waals surface area contributed by atoms with Crippen LogP contribution in [0, 0.1) is 24.0 Å². The maximum atomic E-state index is 11.8. The van der Waals surface area contributed by atoms with Gasteiger partial charge in [-0.2, -0.15) is 0 Å². The summed E-state index contributed by atoms with van der Waals surface area (Å²) in [6.07, 6.45) is 0. The van der Waals surface area contributed by atoms with E-state index in [9.17, 15) is 19.7 Å². The Kier molecular flexibility index (Phi) is 6.74. The Bertz CT molecular complexity index is 838. The lowest BCUT2D eigenvalue weighted by molar-refractivity contribution is -0.383. The minimum atomic E-state index is -0.635. The lowest BCUT2D eigenvalue weighted by atomic mass is 10.2. The van der Waals surface area contributed by atoms with Crippen LogP contribution in [0.25, 0.3) is 0 Å². The van der Waals surface area contributed by atoms with E-state index < -0.39 is 23.4 Å². The van der Waals surface area contributed by atoms with Gasteiger partial charge in [-0.25, -0.2) is 0 Å². The number of esters is 1. The van der Waals surface area contributed by atoms with Crippen LogP contribution in [0.3, 0.4) is 0 Å². The normalized spacial score (nSPS) is 10.2. The fourth-order valence-corrected chi connectivity index (χ4v) is 3.03. The third-order valence-electron chi connectivity index (χ3n) is 3.43. The van der Waals surface area contributed by atoms with Gasteiger partial charge in [0.2, 0.25) is 0 Å². The summed E-state index contributed by atoms with van der Waals surface area (Å²) in [4.78, 5) is 35.0. The predicted octanol–water partition coefficient (Wildman–Crippen LogP) is 3.49. The molecule has 1 amide bonds. The molecule has 0 aromatic heterocycles. The van der Waals surface area contributed by atoms with Crippen LogP contribution in [-0.2, 0) is 14.3 Å². The summed E-state index contributed by atoms with van der Waals surface area (Å²) >= 11 is 1.34. The summed E-state index contributed by atoms with van der Waals surface area (Å²) in [6, 6.07) is 11.7. The average Bonchev–Trinajstić information content (AvgIpc) is 2.61. The number of nitrogens with one attached hydrogen (secondary N) is 1. The van der Waals surface area contributed by atoms with Crippen molar-refractivity contribution in [3.63, 3.8) is 0 Å². The fraction of sp³-hybridized carbons (Fsp3) is 0.222. The molecule has 136 valence electrons. The number of carbonyl (C=O) groups excluding carboxylic acids is 2. The van der Waals surface area contributed by atoms with E-state index in [1.807, 2.05) is 32.0 Å². The molecule has 0 aliphatic heterocycles. The quantitative estimate of drug-likeness (QED) is 0.345. The first-order valence-corrected chi connectivity index (χ1v) is 8.74. The van der Waals surface area contributed by atoms with Crippen molar-refractivity contribution in [1.29, 1.82) is 0 Å². The van der Waals surface area contributed by atoms with Crippen LogP contribution in [0.1, 0.15) is 11.1 Å². The Morgan fingerprint density at radius 3 is 2.65 bits per heavy atom. The molecule has 0 bridgehead atoms. The number of ether oxygens (including phenoxy) is 1. The number of benzene rings is 2. The number of nitro benzene ring substituents is 1. The lowest BCUT2D eigenvalue weighted by Gasteiger charge is -2.08. The van der Waals surface area contributed by atoms with Crippen molar-refractivity contribution in [2.75, 3.05) is 17.7 Å². The van der Waals surface area contributed by atoms with Gasteiger partial charge in [-0.3, -0.25) is 19.7 Å². The summed E-state index contributed by atoms with van der Waals surface area (Å²) in [5.74, 6) is -1.10. The maximum Gasteiger partial charge on any atom is 0.316 e. The molecular formula is C18H18N2O5S. The molecule has 0 unspecified atom stereocenters. The number of rotatable bonds is 7. The van der Waals surface area contributed by atoms with Crippen molar-refractivity contribution in [2.24, 2.45) is 0 Å². The van der Waals surface area contributed by atoms with Crippen LogP contribution < -0.4 is 5.32 Å². The highest BCUT2D eigenvalue weighted by molar-refractivity contribution is 8.00. The number of thioether (sulfide) groups is 1. The summed E-state index contributed by atoms with van der Waals surface area (Å²) in [5.41, 5.74) is 1.98. The molecule has 0 aliphatic rings. The van der Waals surface area contributed by atoms with E-state index in [0.717, 1.165) is 16.0 Å². The smallest absolute Gasteiger partial charge is 0.316 e. The Hall–Kier alpha value is -2.87. The monoisotopic (exact) mass is 374 g/mol. The largest absolute Gasteiger partial charge is 0.455 e. The van der Waals surface area contributed by atoms with E-state index in [1.165, 1.54) is 30.0 Å². The van der Waals surface area contributed by atoms with Crippen molar-refractivity contribution in [3.8, 4) is 0 Å². The van der Waals surface area contributed by atoms with Gasteiger partial charge in [0.1, 0.15) is 5.69 Å². The van der Waals surface area contributed by atoms with Gasteiger partial charge in [0.15, 0.2) is 6.61 Å². The number of anilines is 1. The molecule has 0 radical (unpaired) electrons. The zero-order valence-corrected chi connectivity index (χ0v) is 15.2. The highest BCUT2D eigenvalue weighted by atomic mass is 32.2. The Morgan fingerprint density at radius 1 is 1.19 bits per heavy atom. The van der Waals surface area contributed by atoms with E-state index in [2.05, 4.69) is 5.32 Å². The molecule has 0 saturated heterocycles. The van der Waals surface area contributed by atoms with Gasteiger partial charge < -0.3 is 10.1 Å².